The fourth-order valence-electron chi connectivity index (χ4n) is 2.01. The van der Waals surface area contributed by atoms with E-state index >= 15 is 0 Å². The standard InChI is InChI=1S/C13H13ClN2O3/c1-3-4-8-7-9-10(16(17)18)5-6-11(19-2)12(9)15-13(8)14/h5-7H,3-4H2,1-2H3. The molecule has 2 aromatic rings. The maximum Gasteiger partial charge on any atom is 0.279 e. The Bertz CT molecular complexity index is 643. The number of nitrogens with zero attached hydrogens (tertiary/aromatic N) is 2. The first-order chi connectivity index (χ1) is 9.08. The van der Waals surface area contributed by atoms with Gasteiger partial charge < -0.3 is 4.74 Å². The number of fused-ring (bicyclic) bond motifs is 1. The van der Waals surface area contributed by atoms with Crippen LogP contribution in [0.15, 0.2) is 18.2 Å². The fraction of sp³-hybridized carbons (Fsp3) is 0.308. The van der Waals surface area contributed by atoms with Gasteiger partial charge in [-0.3, -0.25) is 10.1 Å². The summed E-state index contributed by atoms with van der Waals surface area (Å²) in [5, 5.41) is 11.9. The zero-order valence-corrected chi connectivity index (χ0v) is 11.4. The Hall–Kier alpha value is -1.88. The summed E-state index contributed by atoms with van der Waals surface area (Å²) in [6.45, 7) is 2.01. The SMILES string of the molecule is CCCc1cc2c([N+](=O)[O-])ccc(OC)c2nc1Cl. The maximum atomic E-state index is 11.1. The van der Waals surface area contributed by atoms with Gasteiger partial charge in [-0.05, 0) is 24.1 Å². The number of benzene rings is 1. The van der Waals surface area contributed by atoms with Crippen LogP contribution in [-0.2, 0) is 6.42 Å². The number of hydrogen-bond acceptors (Lipinski definition) is 4. The molecule has 5 nitrogen and oxygen atoms in total. The van der Waals surface area contributed by atoms with Crippen LogP contribution in [0, 0.1) is 10.1 Å². The molecule has 0 N–H and O–H groups in total. The monoisotopic (exact) mass is 280 g/mol. The minimum absolute atomic E-state index is 0.0114. The number of aromatic nitrogens is 1. The minimum Gasteiger partial charge on any atom is -0.494 e. The topological polar surface area (TPSA) is 65.3 Å². The van der Waals surface area contributed by atoms with E-state index in [2.05, 4.69) is 4.98 Å². The summed E-state index contributed by atoms with van der Waals surface area (Å²) >= 11 is 6.11. The van der Waals surface area contributed by atoms with Crippen molar-refractivity contribution in [2.45, 2.75) is 19.8 Å². The number of pyridine rings is 1. The van der Waals surface area contributed by atoms with Crippen LogP contribution in [0.25, 0.3) is 10.9 Å². The molecule has 0 amide bonds. The summed E-state index contributed by atoms with van der Waals surface area (Å²) in [7, 11) is 1.50. The first kappa shape index (κ1) is 13.5. The molecule has 0 saturated heterocycles. The van der Waals surface area contributed by atoms with Crippen molar-refractivity contribution in [3.63, 3.8) is 0 Å². The van der Waals surface area contributed by atoms with Gasteiger partial charge in [0.05, 0.1) is 17.4 Å². The molecule has 0 bridgehead atoms. The number of halogens is 1. The van der Waals surface area contributed by atoms with Crippen molar-refractivity contribution in [2.24, 2.45) is 0 Å². The average Bonchev–Trinajstić information content (AvgIpc) is 2.38. The van der Waals surface area contributed by atoms with Gasteiger partial charge in [-0.15, -0.1) is 0 Å². The van der Waals surface area contributed by atoms with E-state index < -0.39 is 4.92 Å². The van der Waals surface area contributed by atoms with E-state index in [1.807, 2.05) is 6.92 Å². The Kier molecular flexibility index (Phi) is 3.85. The second-order valence-corrected chi connectivity index (χ2v) is 4.49. The number of rotatable bonds is 4. The van der Waals surface area contributed by atoms with E-state index in [1.165, 1.54) is 19.2 Å². The van der Waals surface area contributed by atoms with E-state index in [9.17, 15) is 10.1 Å². The van der Waals surface area contributed by atoms with Crippen molar-refractivity contribution in [1.82, 2.24) is 4.98 Å². The predicted octanol–water partition coefficient (Wildman–Crippen LogP) is 3.76. The van der Waals surface area contributed by atoms with Crippen molar-refractivity contribution >= 4 is 28.2 Å². The zero-order chi connectivity index (χ0) is 14.0. The lowest BCUT2D eigenvalue weighted by molar-refractivity contribution is -0.383. The first-order valence-electron chi connectivity index (χ1n) is 5.89. The first-order valence-corrected chi connectivity index (χ1v) is 6.26. The molecule has 0 aliphatic heterocycles. The van der Waals surface area contributed by atoms with E-state index in [-0.39, 0.29) is 5.69 Å². The number of hydrogen-bond donors (Lipinski definition) is 0. The lowest BCUT2D eigenvalue weighted by Crippen LogP contribution is -1.97. The second kappa shape index (κ2) is 5.40. The summed E-state index contributed by atoms with van der Waals surface area (Å²) in [4.78, 5) is 14.9. The van der Waals surface area contributed by atoms with Gasteiger partial charge in [-0.25, -0.2) is 4.98 Å². The van der Waals surface area contributed by atoms with Crippen LogP contribution in [0.1, 0.15) is 18.9 Å². The van der Waals surface area contributed by atoms with E-state index in [0.717, 1.165) is 18.4 Å². The van der Waals surface area contributed by atoms with Crippen molar-refractivity contribution in [3.8, 4) is 5.75 Å². The molecular formula is C13H13ClN2O3. The van der Waals surface area contributed by atoms with Gasteiger partial charge in [0.15, 0.2) is 0 Å². The summed E-state index contributed by atoms with van der Waals surface area (Å²) in [5.41, 5.74) is 1.24. The van der Waals surface area contributed by atoms with E-state index in [4.69, 9.17) is 16.3 Å². The highest BCUT2D eigenvalue weighted by molar-refractivity contribution is 6.30. The molecule has 2 rings (SSSR count). The third-order valence-corrected chi connectivity index (χ3v) is 3.21. The van der Waals surface area contributed by atoms with Gasteiger partial charge in [0, 0.05) is 6.07 Å². The van der Waals surface area contributed by atoms with E-state index in [1.54, 1.807) is 6.07 Å². The lowest BCUT2D eigenvalue weighted by atomic mass is 10.1. The number of non-ortho nitro benzene ring substituents is 1. The lowest BCUT2D eigenvalue weighted by Gasteiger charge is -2.08. The smallest absolute Gasteiger partial charge is 0.279 e. The molecular weight excluding hydrogens is 268 g/mol. The summed E-state index contributed by atoms with van der Waals surface area (Å²) < 4.78 is 5.17. The Balaban J connectivity index is 2.79. The summed E-state index contributed by atoms with van der Waals surface area (Å²) in [5.74, 6) is 0.477. The summed E-state index contributed by atoms with van der Waals surface area (Å²) in [6, 6.07) is 4.69. The van der Waals surface area contributed by atoms with Crippen molar-refractivity contribution in [1.29, 1.82) is 0 Å². The van der Waals surface area contributed by atoms with Crippen molar-refractivity contribution < 1.29 is 9.66 Å². The largest absolute Gasteiger partial charge is 0.494 e. The zero-order valence-electron chi connectivity index (χ0n) is 10.6. The second-order valence-electron chi connectivity index (χ2n) is 4.13. The number of aryl methyl sites for hydroxylation is 1. The van der Waals surface area contributed by atoms with Crippen LogP contribution in [0.3, 0.4) is 0 Å². The van der Waals surface area contributed by atoms with Crippen LogP contribution in [0.5, 0.6) is 5.75 Å². The summed E-state index contributed by atoms with van der Waals surface area (Å²) in [6.07, 6.45) is 1.63. The molecule has 19 heavy (non-hydrogen) atoms. The molecule has 0 aliphatic carbocycles. The van der Waals surface area contributed by atoms with Gasteiger partial charge in [-0.2, -0.15) is 0 Å². The molecule has 0 radical (unpaired) electrons. The highest BCUT2D eigenvalue weighted by Gasteiger charge is 2.18. The predicted molar refractivity (Wildman–Crippen MR) is 74.0 cm³/mol. The van der Waals surface area contributed by atoms with Gasteiger partial charge in [0.25, 0.3) is 5.69 Å². The molecule has 1 heterocycles. The normalized spacial score (nSPS) is 10.7. The molecule has 1 aromatic heterocycles. The third kappa shape index (κ3) is 2.46. The Morgan fingerprint density at radius 3 is 2.79 bits per heavy atom. The highest BCUT2D eigenvalue weighted by Crippen LogP contribution is 2.34. The molecule has 0 atom stereocenters. The number of nitro benzene ring substituents is 1. The van der Waals surface area contributed by atoms with Crippen LogP contribution < -0.4 is 4.74 Å². The molecule has 0 fully saturated rings. The molecule has 0 saturated carbocycles. The van der Waals surface area contributed by atoms with Gasteiger partial charge >= 0.3 is 0 Å². The van der Waals surface area contributed by atoms with Crippen molar-refractivity contribution in [3.05, 3.63) is 39.0 Å². The van der Waals surface area contributed by atoms with E-state index in [0.29, 0.717) is 21.8 Å². The fourth-order valence-corrected chi connectivity index (χ4v) is 2.24. The van der Waals surface area contributed by atoms with Crippen molar-refractivity contribution in [2.75, 3.05) is 7.11 Å². The molecule has 100 valence electrons. The quantitative estimate of drug-likeness (QED) is 0.486. The molecule has 0 unspecified atom stereocenters. The average molecular weight is 281 g/mol. The van der Waals surface area contributed by atoms with Crippen LogP contribution in [0.4, 0.5) is 5.69 Å². The molecule has 1 aromatic carbocycles. The van der Waals surface area contributed by atoms with Gasteiger partial charge in [0.2, 0.25) is 0 Å². The maximum absolute atomic E-state index is 11.1. The number of ether oxygens (including phenoxy) is 1. The molecule has 0 spiro atoms. The highest BCUT2D eigenvalue weighted by atomic mass is 35.5. The Morgan fingerprint density at radius 1 is 1.47 bits per heavy atom. The Morgan fingerprint density at radius 2 is 2.21 bits per heavy atom. The van der Waals surface area contributed by atoms with Crippen LogP contribution in [0.2, 0.25) is 5.15 Å². The van der Waals surface area contributed by atoms with Gasteiger partial charge in [0.1, 0.15) is 16.4 Å². The van der Waals surface area contributed by atoms with Crippen LogP contribution >= 0.6 is 11.6 Å². The molecule has 0 aliphatic rings. The number of methoxy groups -OCH3 is 1. The number of nitro groups is 1. The van der Waals surface area contributed by atoms with Crippen LogP contribution in [-0.4, -0.2) is 17.0 Å². The Labute approximate surface area is 115 Å². The third-order valence-electron chi connectivity index (χ3n) is 2.89. The minimum atomic E-state index is -0.424. The molecule has 6 heteroatoms. The van der Waals surface area contributed by atoms with Gasteiger partial charge in [-0.1, -0.05) is 24.9 Å².